The van der Waals surface area contributed by atoms with E-state index in [1.165, 1.54) is 30.7 Å². The zero-order chi connectivity index (χ0) is 18.7. The Morgan fingerprint density at radius 3 is 2.31 bits per heavy atom. The minimum atomic E-state index is -3.67. The average molecular weight is 371 g/mol. The largest absolute Gasteiger partial charge is 0.493 e. The maximum atomic E-state index is 13.0. The second kappa shape index (κ2) is 7.35. The van der Waals surface area contributed by atoms with E-state index < -0.39 is 10.0 Å². The molecule has 0 aliphatic heterocycles. The van der Waals surface area contributed by atoms with E-state index in [1.54, 1.807) is 13.1 Å². The van der Waals surface area contributed by atoms with E-state index in [4.69, 9.17) is 9.47 Å². The minimum absolute atomic E-state index is 0.165. The summed E-state index contributed by atoms with van der Waals surface area (Å²) >= 11 is 0. The molecule has 6 heteroatoms. The summed E-state index contributed by atoms with van der Waals surface area (Å²) in [6.45, 7) is 0.276. The number of sulfonamides is 1. The maximum Gasteiger partial charge on any atom is 0.243 e. The van der Waals surface area contributed by atoms with Crippen molar-refractivity contribution < 1.29 is 17.9 Å². The molecule has 0 saturated carbocycles. The van der Waals surface area contributed by atoms with Crippen molar-refractivity contribution in [3.63, 3.8) is 0 Å². The van der Waals surface area contributed by atoms with Crippen molar-refractivity contribution in [3.05, 3.63) is 66.2 Å². The second-order valence-electron chi connectivity index (χ2n) is 5.92. The molecule has 0 fully saturated rings. The van der Waals surface area contributed by atoms with Gasteiger partial charge in [-0.25, -0.2) is 8.42 Å². The number of methoxy groups -OCH3 is 2. The SMILES string of the molecule is COc1ccc(S(=O)(=O)N(C)Cc2cccc3ccccc23)cc1OC. The number of rotatable bonds is 6. The summed E-state index contributed by atoms with van der Waals surface area (Å²) in [7, 11) is 0.904. The van der Waals surface area contributed by atoms with Gasteiger partial charge in [0, 0.05) is 19.7 Å². The lowest BCUT2D eigenvalue weighted by Gasteiger charge is -2.19. The summed E-state index contributed by atoms with van der Waals surface area (Å²) in [5.41, 5.74) is 0.953. The van der Waals surface area contributed by atoms with Crippen LogP contribution in [-0.4, -0.2) is 34.0 Å². The van der Waals surface area contributed by atoms with Crippen molar-refractivity contribution >= 4 is 20.8 Å². The van der Waals surface area contributed by atoms with Crippen LogP contribution in [0.15, 0.2) is 65.6 Å². The van der Waals surface area contributed by atoms with Gasteiger partial charge in [0.2, 0.25) is 10.0 Å². The summed E-state index contributed by atoms with van der Waals surface area (Å²) in [6.07, 6.45) is 0. The molecule has 0 aliphatic rings. The summed E-state index contributed by atoms with van der Waals surface area (Å²) in [5, 5.41) is 2.13. The van der Waals surface area contributed by atoms with Gasteiger partial charge in [0.05, 0.1) is 19.1 Å². The first-order valence-electron chi connectivity index (χ1n) is 8.12. The molecule has 0 unspecified atom stereocenters. The monoisotopic (exact) mass is 371 g/mol. The van der Waals surface area contributed by atoms with Crippen molar-refractivity contribution in [2.24, 2.45) is 0 Å². The minimum Gasteiger partial charge on any atom is -0.493 e. The molecule has 136 valence electrons. The topological polar surface area (TPSA) is 55.8 Å². The molecule has 5 nitrogen and oxygen atoms in total. The lowest BCUT2D eigenvalue weighted by molar-refractivity contribution is 0.353. The molecule has 3 rings (SSSR count). The molecule has 26 heavy (non-hydrogen) atoms. The lowest BCUT2D eigenvalue weighted by Crippen LogP contribution is -2.26. The molecule has 0 aliphatic carbocycles. The van der Waals surface area contributed by atoms with Gasteiger partial charge in [0.15, 0.2) is 11.5 Å². The highest BCUT2D eigenvalue weighted by atomic mass is 32.2. The van der Waals surface area contributed by atoms with Crippen LogP contribution in [0.3, 0.4) is 0 Å². The Hall–Kier alpha value is -2.57. The van der Waals surface area contributed by atoms with E-state index in [2.05, 4.69) is 0 Å². The van der Waals surface area contributed by atoms with Crippen LogP contribution < -0.4 is 9.47 Å². The summed E-state index contributed by atoms with van der Waals surface area (Å²) in [5.74, 6) is 0.871. The molecule has 0 atom stereocenters. The fourth-order valence-electron chi connectivity index (χ4n) is 2.91. The number of ether oxygens (including phenoxy) is 2. The quantitative estimate of drug-likeness (QED) is 0.663. The van der Waals surface area contributed by atoms with E-state index in [-0.39, 0.29) is 11.4 Å². The molecule has 0 amide bonds. The fraction of sp³-hybridized carbons (Fsp3) is 0.200. The van der Waals surface area contributed by atoms with Crippen LogP contribution >= 0.6 is 0 Å². The average Bonchev–Trinajstić information content (AvgIpc) is 2.67. The zero-order valence-corrected chi connectivity index (χ0v) is 15.8. The van der Waals surface area contributed by atoms with Crippen molar-refractivity contribution in [3.8, 4) is 11.5 Å². The van der Waals surface area contributed by atoms with Gasteiger partial charge in [0.1, 0.15) is 0 Å². The Morgan fingerprint density at radius 2 is 1.58 bits per heavy atom. The van der Waals surface area contributed by atoms with E-state index >= 15 is 0 Å². The molecule has 0 bridgehead atoms. The third-order valence-electron chi connectivity index (χ3n) is 4.34. The summed E-state index contributed by atoms with van der Waals surface area (Å²) in [6, 6.07) is 18.4. The molecule has 0 N–H and O–H groups in total. The third-order valence-corrected chi connectivity index (χ3v) is 6.14. The van der Waals surface area contributed by atoms with Crippen LogP contribution in [0.4, 0.5) is 0 Å². The Bertz CT molecular complexity index is 1030. The Kier molecular flexibility index (Phi) is 5.15. The lowest BCUT2D eigenvalue weighted by atomic mass is 10.0. The molecule has 0 radical (unpaired) electrons. The van der Waals surface area contributed by atoms with Gasteiger partial charge in [-0.2, -0.15) is 4.31 Å². The van der Waals surface area contributed by atoms with E-state index in [0.717, 1.165) is 16.3 Å². The highest BCUT2D eigenvalue weighted by molar-refractivity contribution is 7.89. The highest BCUT2D eigenvalue weighted by Crippen LogP contribution is 2.31. The molecule has 0 spiro atoms. The van der Waals surface area contributed by atoms with Gasteiger partial charge in [0.25, 0.3) is 0 Å². The Balaban J connectivity index is 1.94. The summed E-state index contributed by atoms with van der Waals surface area (Å²) in [4.78, 5) is 0.165. The number of benzene rings is 3. The van der Waals surface area contributed by atoms with Gasteiger partial charge >= 0.3 is 0 Å². The van der Waals surface area contributed by atoms with Crippen LogP contribution in [0.2, 0.25) is 0 Å². The highest BCUT2D eigenvalue weighted by Gasteiger charge is 2.23. The predicted octanol–water partition coefficient (Wildman–Crippen LogP) is 3.68. The predicted molar refractivity (Wildman–Crippen MR) is 102 cm³/mol. The number of hydrogen-bond donors (Lipinski definition) is 0. The molecular formula is C20H21NO4S. The van der Waals surface area contributed by atoms with Crippen LogP contribution in [0.5, 0.6) is 11.5 Å². The normalized spacial score (nSPS) is 11.7. The first-order valence-corrected chi connectivity index (χ1v) is 9.56. The Morgan fingerprint density at radius 1 is 0.885 bits per heavy atom. The first kappa shape index (κ1) is 18.2. The van der Waals surface area contributed by atoms with E-state index in [0.29, 0.717) is 11.5 Å². The van der Waals surface area contributed by atoms with Crippen molar-refractivity contribution in [1.29, 1.82) is 0 Å². The van der Waals surface area contributed by atoms with Crippen LogP contribution in [0, 0.1) is 0 Å². The van der Waals surface area contributed by atoms with Crippen molar-refractivity contribution in [2.45, 2.75) is 11.4 Å². The van der Waals surface area contributed by atoms with E-state index in [1.807, 2.05) is 42.5 Å². The number of hydrogen-bond acceptors (Lipinski definition) is 4. The molecular weight excluding hydrogens is 350 g/mol. The van der Waals surface area contributed by atoms with E-state index in [9.17, 15) is 8.42 Å². The zero-order valence-electron chi connectivity index (χ0n) is 15.0. The van der Waals surface area contributed by atoms with Gasteiger partial charge in [-0.1, -0.05) is 42.5 Å². The first-order chi connectivity index (χ1) is 12.5. The maximum absolute atomic E-state index is 13.0. The standard InChI is InChI=1S/C20H21NO4S/c1-21(14-16-9-6-8-15-7-4-5-10-18(15)16)26(22,23)17-11-12-19(24-2)20(13-17)25-3/h4-13H,14H2,1-3H3. The van der Waals surface area contributed by atoms with Crippen LogP contribution in [0.1, 0.15) is 5.56 Å². The molecule has 0 saturated heterocycles. The molecule has 3 aromatic carbocycles. The number of fused-ring (bicyclic) bond motifs is 1. The van der Waals surface area contributed by atoms with Gasteiger partial charge in [-0.15, -0.1) is 0 Å². The molecule has 3 aromatic rings. The summed E-state index contributed by atoms with van der Waals surface area (Å²) < 4.78 is 37.7. The van der Waals surface area contributed by atoms with Crippen molar-refractivity contribution in [1.82, 2.24) is 4.31 Å². The third kappa shape index (κ3) is 3.38. The smallest absolute Gasteiger partial charge is 0.243 e. The van der Waals surface area contributed by atoms with Crippen LogP contribution in [-0.2, 0) is 16.6 Å². The van der Waals surface area contributed by atoms with Gasteiger partial charge < -0.3 is 9.47 Å². The second-order valence-corrected chi connectivity index (χ2v) is 7.96. The Labute approximate surface area is 153 Å². The fourth-order valence-corrected chi connectivity index (χ4v) is 4.08. The van der Waals surface area contributed by atoms with Gasteiger partial charge in [-0.05, 0) is 28.5 Å². The van der Waals surface area contributed by atoms with Crippen molar-refractivity contribution in [2.75, 3.05) is 21.3 Å². The van der Waals surface area contributed by atoms with Crippen LogP contribution in [0.25, 0.3) is 10.8 Å². The molecule has 0 aromatic heterocycles. The van der Waals surface area contributed by atoms with Gasteiger partial charge in [-0.3, -0.25) is 0 Å². The number of nitrogens with zero attached hydrogens (tertiary/aromatic N) is 1. The molecule has 0 heterocycles.